The summed E-state index contributed by atoms with van der Waals surface area (Å²) in [7, 11) is 0. The molecule has 0 amide bonds. The van der Waals surface area contributed by atoms with Gasteiger partial charge in [0.15, 0.2) is 11.0 Å². The molecule has 3 N–H and O–H groups in total. The molecule has 9 heteroatoms. The van der Waals surface area contributed by atoms with E-state index >= 15 is 0 Å². The summed E-state index contributed by atoms with van der Waals surface area (Å²) in [5, 5.41) is 29.5. The highest BCUT2D eigenvalue weighted by molar-refractivity contribution is 7.99. The fourth-order valence-electron chi connectivity index (χ4n) is 2.26. The maximum absolute atomic E-state index is 8.84. The van der Waals surface area contributed by atoms with Crippen LogP contribution < -0.4 is 5.73 Å². The van der Waals surface area contributed by atoms with E-state index in [0.717, 1.165) is 36.8 Å². The molecule has 0 saturated carbocycles. The van der Waals surface area contributed by atoms with Crippen molar-refractivity contribution in [3.8, 4) is 0 Å². The second kappa shape index (κ2) is 6.08. The van der Waals surface area contributed by atoms with Gasteiger partial charge < -0.3 is 15.5 Å². The molecule has 0 atom stereocenters. The van der Waals surface area contributed by atoms with Crippen molar-refractivity contribution < 1.29 is 5.21 Å². The second-order valence-electron chi connectivity index (χ2n) is 4.70. The van der Waals surface area contributed by atoms with Gasteiger partial charge in [-0.15, -0.1) is 15.3 Å². The van der Waals surface area contributed by atoms with E-state index in [1.165, 1.54) is 24.4 Å². The van der Waals surface area contributed by atoms with Gasteiger partial charge in [-0.1, -0.05) is 11.6 Å². The van der Waals surface area contributed by atoms with Gasteiger partial charge in [0.05, 0.1) is 11.8 Å². The molecule has 0 fully saturated rings. The van der Waals surface area contributed by atoms with Crippen molar-refractivity contribution in [2.75, 3.05) is 0 Å². The van der Waals surface area contributed by atoms with Crippen LogP contribution in [0.4, 0.5) is 0 Å². The summed E-state index contributed by atoms with van der Waals surface area (Å²) in [6.07, 6.45) is 5.91. The van der Waals surface area contributed by atoms with Crippen LogP contribution in [0.2, 0.25) is 0 Å². The number of hydrogen-bond donors (Lipinski definition) is 2. The van der Waals surface area contributed by atoms with Gasteiger partial charge in [0.2, 0.25) is 0 Å². The summed E-state index contributed by atoms with van der Waals surface area (Å²) >= 11 is 1.33. The molecule has 0 saturated heterocycles. The molecule has 0 aliphatic carbocycles. The van der Waals surface area contributed by atoms with Crippen LogP contribution in [0.3, 0.4) is 0 Å². The van der Waals surface area contributed by atoms with E-state index in [-0.39, 0.29) is 5.84 Å². The van der Waals surface area contributed by atoms with E-state index < -0.39 is 0 Å². The molecule has 21 heavy (non-hydrogen) atoms. The van der Waals surface area contributed by atoms with Gasteiger partial charge in [-0.3, -0.25) is 0 Å². The predicted molar refractivity (Wildman–Crippen MR) is 76.2 cm³/mol. The van der Waals surface area contributed by atoms with E-state index in [2.05, 4.69) is 30.1 Å². The van der Waals surface area contributed by atoms with Gasteiger partial charge in [-0.25, -0.2) is 0 Å². The van der Waals surface area contributed by atoms with Crippen LogP contribution in [0.25, 0.3) is 0 Å². The highest BCUT2D eigenvalue weighted by Gasteiger charge is 2.18. The molecule has 0 unspecified atom stereocenters. The molecule has 2 aromatic heterocycles. The molecule has 0 bridgehead atoms. The van der Waals surface area contributed by atoms with Crippen molar-refractivity contribution in [1.29, 1.82) is 0 Å². The Morgan fingerprint density at radius 2 is 2.19 bits per heavy atom. The summed E-state index contributed by atoms with van der Waals surface area (Å²) in [5.74, 6) is 1.01. The van der Waals surface area contributed by atoms with E-state index in [0.29, 0.717) is 10.6 Å². The van der Waals surface area contributed by atoms with Crippen molar-refractivity contribution in [2.24, 2.45) is 10.9 Å². The standard InChI is InChI=1S/C12H15N7OS/c13-10(18-20)8-5-6-14-16-11(8)21-12-17-15-9-4-2-1-3-7-19(9)12/h5-6,20H,1-4,7H2,(H2,13,18). The topological polar surface area (TPSA) is 115 Å². The molecule has 2 aromatic rings. The summed E-state index contributed by atoms with van der Waals surface area (Å²) in [6.45, 7) is 0.907. The van der Waals surface area contributed by atoms with Gasteiger partial charge in [-0.2, -0.15) is 5.10 Å². The third-order valence-corrected chi connectivity index (χ3v) is 4.31. The van der Waals surface area contributed by atoms with Crippen LogP contribution in [-0.2, 0) is 13.0 Å². The van der Waals surface area contributed by atoms with E-state index in [9.17, 15) is 0 Å². The number of aryl methyl sites for hydroxylation is 1. The average Bonchev–Trinajstić information content (AvgIpc) is 2.74. The Labute approximate surface area is 125 Å². The molecular formula is C12H15N7OS. The van der Waals surface area contributed by atoms with Crippen molar-refractivity contribution in [3.63, 3.8) is 0 Å². The molecule has 8 nitrogen and oxygen atoms in total. The zero-order chi connectivity index (χ0) is 14.7. The number of fused-ring (bicyclic) bond motifs is 1. The van der Waals surface area contributed by atoms with Crippen LogP contribution in [-0.4, -0.2) is 36.0 Å². The fourth-order valence-corrected chi connectivity index (χ4v) is 3.20. The minimum atomic E-state index is 0.00278. The first-order valence-corrected chi connectivity index (χ1v) is 7.51. The van der Waals surface area contributed by atoms with Crippen LogP contribution >= 0.6 is 11.8 Å². The zero-order valence-corrected chi connectivity index (χ0v) is 12.1. The number of nitrogens with two attached hydrogens (primary N) is 1. The molecule has 0 aromatic carbocycles. The molecule has 1 aliphatic rings. The Balaban J connectivity index is 1.93. The lowest BCUT2D eigenvalue weighted by Gasteiger charge is -2.07. The van der Waals surface area contributed by atoms with Gasteiger partial charge in [0.25, 0.3) is 0 Å². The SMILES string of the molecule is N/C(=N/O)c1ccnnc1Sc1nnc2n1CCCCC2. The summed E-state index contributed by atoms with van der Waals surface area (Å²) in [4.78, 5) is 0. The quantitative estimate of drug-likeness (QED) is 0.377. The normalized spacial score (nSPS) is 15.5. The summed E-state index contributed by atoms with van der Waals surface area (Å²) in [6, 6.07) is 1.66. The smallest absolute Gasteiger partial charge is 0.197 e. The molecule has 0 spiro atoms. The van der Waals surface area contributed by atoms with Gasteiger partial charge in [0.1, 0.15) is 10.9 Å². The Bertz CT molecular complexity index is 669. The predicted octanol–water partition coefficient (Wildman–Crippen LogP) is 1.04. The van der Waals surface area contributed by atoms with E-state index in [1.54, 1.807) is 6.07 Å². The number of rotatable bonds is 3. The largest absolute Gasteiger partial charge is 0.409 e. The molecule has 0 radical (unpaired) electrons. The number of oxime groups is 1. The minimum Gasteiger partial charge on any atom is -0.409 e. The zero-order valence-electron chi connectivity index (χ0n) is 11.3. The lowest BCUT2D eigenvalue weighted by Crippen LogP contribution is -2.15. The Hall–Kier alpha value is -2.16. The number of aromatic nitrogens is 5. The van der Waals surface area contributed by atoms with Crippen LogP contribution in [0, 0.1) is 0 Å². The monoisotopic (exact) mass is 305 g/mol. The van der Waals surface area contributed by atoms with Crippen LogP contribution in [0.5, 0.6) is 0 Å². The Kier molecular flexibility index (Phi) is 4.00. The maximum atomic E-state index is 8.84. The van der Waals surface area contributed by atoms with Crippen molar-refractivity contribution in [1.82, 2.24) is 25.0 Å². The minimum absolute atomic E-state index is 0.00278. The first kappa shape index (κ1) is 13.8. The second-order valence-corrected chi connectivity index (χ2v) is 5.65. The third kappa shape index (κ3) is 2.82. The summed E-state index contributed by atoms with van der Waals surface area (Å²) < 4.78 is 2.11. The average molecular weight is 305 g/mol. The fraction of sp³-hybridized carbons (Fsp3) is 0.417. The molecular weight excluding hydrogens is 290 g/mol. The molecule has 1 aliphatic heterocycles. The Morgan fingerprint density at radius 1 is 1.29 bits per heavy atom. The first-order chi connectivity index (χ1) is 10.3. The van der Waals surface area contributed by atoms with Gasteiger partial charge in [-0.05, 0) is 30.7 Å². The van der Waals surface area contributed by atoms with Crippen LogP contribution in [0.15, 0.2) is 27.6 Å². The molecule has 110 valence electrons. The Morgan fingerprint density at radius 3 is 3.05 bits per heavy atom. The van der Waals surface area contributed by atoms with Crippen molar-refractivity contribution in [3.05, 3.63) is 23.7 Å². The van der Waals surface area contributed by atoms with Crippen LogP contribution in [0.1, 0.15) is 30.7 Å². The van der Waals surface area contributed by atoms with Gasteiger partial charge in [0, 0.05) is 13.0 Å². The third-order valence-electron chi connectivity index (χ3n) is 3.33. The van der Waals surface area contributed by atoms with Crippen molar-refractivity contribution >= 4 is 17.6 Å². The summed E-state index contributed by atoms with van der Waals surface area (Å²) in [5.41, 5.74) is 6.19. The highest BCUT2D eigenvalue weighted by atomic mass is 32.2. The number of nitrogens with zero attached hydrogens (tertiary/aromatic N) is 6. The first-order valence-electron chi connectivity index (χ1n) is 6.69. The lowest BCUT2D eigenvalue weighted by atomic mass is 10.2. The number of amidine groups is 1. The highest BCUT2D eigenvalue weighted by Crippen LogP contribution is 2.28. The van der Waals surface area contributed by atoms with Gasteiger partial charge >= 0.3 is 0 Å². The van der Waals surface area contributed by atoms with E-state index in [4.69, 9.17) is 10.9 Å². The lowest BCUT2D eigenvalue weighted by molar-refractivity contribution is 0.318. The molecule has 3 rings (SSSR count). The number of hydrogen-bond acceptors (Lipinski definition) is 7. The van der Waals surface area contributed by atoms with Crippen molar-refractivity contribution in [2.45, 2.75) is 42.4 Å². The molecule has 3 heterocycles. The van der Waals surface area contributed by atoms with E-state index in [1.807, 2.05) is 0 Å². The maximum Gasteiger partial charge on any atom is 0.197 e.